The number of esters is 3. The standard InChI is InChI=1S/C23H29BrN2O6.C14H13Br2NO2/c1-6-30-20(27)15-25(22(29)32-23(3,4)5)14-18-17(21(28)31-7-2)13-19(24)26(18)16-11-9-8-10-12-16;1-2-19-14(18)11-8-13(16)17(12(11)9-15)10-6-4-3-5-7-10/h8-13H,6-7,14-15H2,1-5H3;3-8H,2,9H2,1H3. The number of para-hydroxylation sites is 2. The second-order valence-electron chi connectivity index (χ2n) is 11.7. The minimum absolute atomic E-state index is 0.0810. The van der Waals surface area contributed by atoms with E-state index in [0.717, 1.165) is 21.7 Å². The summed E-state index contributed by atoms with van der Waals surface area (Å²) in [5.74, 6) is -1.40. The van der Waals surface area contributed by atoms with E-state index in [1.165, 1.54) is 4.90 Å². The quantitative estimate of drug-likeness (QED) is 0.0786. The molecule has 0 bridgehead atoms. The molecule has 11 nitrogen and oxygen atoms in total. The molecule has 14 heteroatoms. The summed E-state index contributed by atoms with van der Waals surface area (Å²) in [6.07, 6.45) is -0.697. The van der Waals surface area contributed by atoms with Gasteiger partial charge in [0.15, 0.2) is 0 Å². The van der Waals surface area contributed by atoms with Crippen LogP contribution in [0.4, 0.5) is 4.79 Å². The number of halogens is 3. The summed E-state index contributed by atoms with van der Waals surface area (Å²) in [6, 6.07) is 22.6. The van der Waals surface area contributed by atoms with Crippen LogP contribution in [-0.4, -0.2) is 70.0 Å². The van der Waals surface area contributed by atoms with Crippen LogP contribution in [0.1, 0.15) is 73.6 Å². The first-order chi connectivity index (χ1) is 24.3. The lowest BCUT2D eigenvalue weighted by molar-refractivity contribution is -0.144. The number of alkyl halides is 1. The van der Waals surface area contributed by atoms with Gasteiger partial charge in [0.1, 0.15) is 12.1 Å². The monoisotopic (exact) mass is 893 g/mol. The summed E-state index contributed by atoms with van der Waals surface area (Å²) >= 11 is 10.4. The normalized spacial score (nSPS) is 10.8. The first-order valence-electron chi connectivity index (χ1n) is 16.2. The van der Waals surface area contributed by atoms with Crippen molar-refractivity contribution in [1.29, 1.82) is 0 Å². The van der Waals surface area contributed by atoms with Crippen LogP contribution >= 0.6 is 47.8 Å². The van der Waals surface area contributed by atoms with Crippen LogP contribution in [0.25, 0.3) is 11.4 Å². The molecule has 0 spiro atoms. The largest absolute Gasteiger partial charge is 0.465 e. The number of carbonyl (C=O) groups is 4. The van der Waals surface area contributed by atoms with Crippen molar-refractivity contribution in [2.45, 2.75) is 59.0 Å². The Hall–Kier alpha value is -3.88. The first-order valence-corrected chi connectivity index (χ1v) is 18.9. The molecule has 4 rings (SSSR count). The van der Waals surface area contributed by atoms with E-state index >= 15 is 0 Å². The SMILES string of the molecule is CCOC(=O)CN(Cc1c(C(=O)OCC)cc(Br)n1-c1ccccc1)C(=O)OC(C)(C)C.CCOC(=O)c1cc(Br)n(-c2ccccc2)c1CBr. The predicted molar refractivity (Wildman–Crippen MR) is 205 cm³/mol. The second-order valence-corrected chi connectivity index (χ2v) is 13.9. The fourth-order valence-electron chi connectivity index (χ4n) is 4.86. The summed E-state index contributed by atoms with van der Waals surface area (Å²) in [6.45, 7) is 10.8. The highest BCUT2D eigenvalue weighted by Gasteiger charge is 2.29. The first kappa shape index (κ1) is 41.5. The molecule has 0 aliphatic rings. The van der Waals surface area contributed by atoms with Gasteiger partial charge in [0.2, 0.25) is 0 Å². The van der Waals surface area contributed by atoms with Crippen molar-refractivity contribution < 1.29 is 38.1 Å². The van der Waals surface area contributed by atoms with E-state index in [9.17, 15) is 19.2 Å². The number of carbonyl (C=O) groups excluding carboxylic acids is 4. The zero-order chi connectivity index (χ0) is 37.7. The van der Waals surface area contributed by atoms with Gasteiger partial charge >= 0.3 is 24.0 Å². The minimum Gasteiger partial charge on any atom is -0.465 e. The minimum atomic E-state index is -0.768. The van der Waals surface area contributed by atoms with Gasteiger partial charge in [0.25, 0.3) is 0 Å². The topological polar surface area (TPSA) is 118 Å². The van der Waals surface area contributed by atoms with Crippen LogP contribution in [0, 0.1) is 0 Å². The van der Waals surface area contributed by atoms with Crippen molar-refractivity contribution in [3.8, 4) is 11.4 Å². The van der Waals surface area contributed by atoms with Crippen molar-refractivity contribution in [3.63, 3.8) is 0 Å². The Morgan fingerprint density at radius 2 is 1.12 bits per heavy atom. The average molecular weight is 896 g/mol. The highest BCUT2D eigenvalue weighted by Crippen LogP contribution is 2.30. The van der Waals surface area contributed by atoms with E-state index in [1.54, 1.807) is 58.2 Å². The van der Waals surface area contributed by atoms with Gasteiger partial charge in [-0.15, -0.1) is 0 Å². The van der Waals surface area contributed by atoms with Crippen LogP contribution in [0.15, 0.2) is 82.0 Å². The van der Waals surface area contributed by atoms with Gasteiger partial charge in [-0.05, 0) is 110 Å². The Morgan fingerprint density at radius 3 is 1.53 bits per heavy atom. The number of rotatable bonds is 12. The molecule has 0 aliphatic carbocycles. The van der Waals surface area contributed by atoms with Gasteiger partial charge in [-0.25, -0.2) is 14.4 Å². The third kappa shape index (κ3) is 11.6. The van der Waals surface area contributed by atoms with Crippen LogP contribution in [0.2, 0.25) is 0 Å². The van der Waals surface area contributed by atoms with Crippen molar-refractivity contribution in [2.75, 3.05) is 26.4 Å². The van der Waals surface area contributed by atoms with Crippen LogP contribution in [0.3, 0.4) is 0 Å². The lowest BCUT2D eigenvalue weighted by Gasteiger charge is -2.27. The molecule has 0 aliphatic heterocycles. The van der Waals surface area contributed by atoms with E-state index < -0.39 is 23.6 Å². The Labute approximate surface area is 323 Å². The molecular formula is C37H42Br3N3O8. The van der Waals surface area contributed by atoms with Crippen molar-refractivity contribution in [3.05, 3.63) is 105 Å². The van der Waals surface area contributed by atoms with Crippen molar-refractivity contribution >= 4 is 71.8 Å². The molecule has 0 N–H and O–H groups in total. The lowest BCUT2D eigenvalue weighted by atomic mass is 10.2. The van der Waals surface area contributed by atoms with E-state index in [-0.39, 0.29) is 37.8 Å². The number of ether oxygens (including phenoxy) is 4. The third-order valence-electron chi connectivity index (χ3n) is 6.88. The fourth-order valence-corrected chi connectivity index (χ4v) is 6.71. The average Bonchev–Trinajstić information content (AvgIpc) is 3.60. The van der Waals surface area contributed by atoms with E-state index in [2.05, 4.69) is 47.8 Å². The molecule has 274 valence electrons. The van der Waals surface area contributed by atoms with Crippen molar-refractivity contribution in [2.24, 2.45) is 0 Å². The Kier molecular flexibility index (Phi) is 16.0. The number of aromatic nitrogens is 2. The van der Waals surface area contributed by atoms with Gasteiger partial charge in [0, 0.05) is 22.4 Å². The molecule has 0 fully saturated rings. The Morgan fingerprint density at radius 1 is 0.686 bits per heavy atom. The van der Waals surface area contributed by atoms with Gasteiger partial charge in [-0.1, -0.05) is 52.3 Å². The van der Waals surface area contributed by atoms with Gasteiger partial charge in [-0.3, -0.25) is 9.69 Å². The molecule has 51 heavy (non-hydrogen) atoms. The molecule has 2 aromatic heterocycles. The summed E-state index contributed by atoms with van der Waals surface area (Å²) in [5.41, 5.74) is 3.20. The predicted octanol–water partition coefficient (Wildman–Crippen LogP) is 9.03. The molecular weight excluding hydrogens is 854 g/mol. The summed E-state index contributed by atoms with van der Waals surface area (Å²) in [7, 11) is 0. The molecule has 2 aromatic carbocycles. The van der Waals surface area contributed by atoms with Crippen LogP contribution in [-0.2, 0) is 35.6 Å². The van der Waals surface area contributed by atoms with E-state index in [1.807, 2.05) is 65.2 Å². The molecule has 0 saturated carbocycles. The highest BCUT2D eigenvalue weighted by atomic mass is 79.9. The maximum atomic E-state index is 12.9. The highest BCUT2D eigenvalue weighted by molar-refractivity contribution is 9.10. The summed E-state index contributed by atoms with van der Waals surface area (Å²) < 4.78 is 26.0. The van der Waals surface area contributed by atoms with E-state index in [0.29, 0.717) is 27.8 Å². The van der Waals surface area contributed by atoms with Gasteiger partial charge in [-0.2, -0.15) is 0 Å². The van der Waals surface area contributed by atoms with E-state index in [4.69, 9.17) is 18.9 Å². The molecule has 0 saturated heterocycles. The van der Waals surface area contributed by atoms with Gasteiger partial charge < -0.3 is 28.1 Å². The fraction of sp³-hybridized carbons (Fsp3) is 0.351. The molecule has 4 aromatic rings. The number of benzene rings is 2. The maximum Gasteiger partial charge on any atom is 0.411 e. The number of nitrogens with zero attached hydrogens (tertiary/aromatic N) is 3. The third-order valence-corrected chi connectivity index (χ3v) is 8.58. The molecule has 0 atom stereocenters. The molecule has 0 unspecified atom stereocenters. The van der Waals surface area contributed by atoms with Crippen molar-refractivity contribution in [1.82, 2.24) is 14.0 Å². The van der Waals surface area contributed by atoms with Gasteiger partial charge in [0.05, 0.1) is 52.4 Å². The Bertz CT molecular complexity index is 1780. The molecule has 0 radical (unpaired) electrons. The lowest BCUT2D eigenvalue weighted by Crippen LogP contribution is -2.40. The molecule has 1 amide bonds. The smallest absolute Gasteiger partial charge is 0.411 e. The summed E-state index contributed by atoms with van der Waals surface area (Å²) in [4.78, 5) is 51.0. The summed E-state index contributed by atoms with van der Waals surface area (Å²) in [5, 5.41) is 0.571. The zero-order valence-corrected chi connectivity index (χ0v) is 34.2. The maximum absolute atomic E-state index is 12.9. The zero-order valence-electron chi connectivity index (χ0n) is 29.4. The second kappa shape index (κ2) is 19.7. The Balaban J connectivity index is 0.000000313. The van der Waals surface area contributed by atoms with Crippen LogP contribution in [0.5, 0.6) is 0 Å². The molecule has 2 heterocycles. The number of hydrogen-bond acceptors (Lipinski definition) is 8. The number of hydrogen-bond donors (Lipinski definition) is 0. The number of amides is 1. The van der Waals surface area contributed by atoms with Crippen LogP contribution < -0.4 is 0 Å².